The Bertz CT molecular complexity index is 597. The minimum Gasteiger partial charge on any atom is -0.344 e. The molecule has 1 amide bonds. The summed E-state index contributed by atoms with van der Waals surface area (Å²) in [6, 6.07) is 1.69. The molecule has 1 saturated heterocycles. The van der Waals surface area contributed by atoms with Crippen molar-refractivity contribution in [3.05, 3.63) is 35.4 Å². The maximum Gasteiger partial charge on any atom is 0.349 e. The Kier molecular flexibility index (Phi) is 3.63. The Morgan fingerprint density at radius 1 is 1.23 bits per heavy atom. The van der Waals surface area contributed by atoms with Gasteiger partial charge in [0.15, 0.2) is 11.6 Å². The fourth-order valence-electron chi connectivity index (χ4n) is 2.58. The van der Waals surface area contributed by atoms with E-state index in [0.717, 1.165) is 25.6 Å². The summed E-state index contributed by atoms with van der Waals surface area (Å²) in [5.41, 5.74) is -1.44. The molecule has 2 fully saturated rings. The van der Waals surface area contributed by atoms with Crippen LogP contribution in [0.2, 0.25) is 0 Å². The van der Waals surface area contributed by atoms with E-state index in [9.17, 15) is 22.4 Å². The number of amides is 1. The second-order valence-electron chi connectivity index (χ2n) is 6.07. The van der Waals surface area contributed by atoms with E-state index in [1.54, 1.807) is 0 Å². The highest BCUT2D eigenvalue weighted by Crippen LogP contribution is 2.39. The van der Waals surface area contributed by atoms with E-state index in [2.05, 4.69) is 10.2 Å². The van der Waals surface area contributed by atoms with Crippen molar-refractivity contribution in [2.24, 2.45) is 0 Å². The van der Waals surface area contributed by atoms with Crippen molar-refractivity contribution in [1.29, 1.82) is 0 Å². The van der Waals surface area contributed by atoms with Crippen LogP contribution in [0.15, 0.2) is 18.2 Å². The van der Waals surface area contributed by atoms with Crippen LogP contribution in [0.1, 0.15) is 24.8 Å². The fourth-order valence-corrected chi connectivity index (χ4v) is 2.58. The number of likely N-dealkylation sites (tertiary alicyclic amines) is 1. The zero-order valence-electron chi connectivity index (χ0n) is 11.8. The van der Waals surface area contributed by atoms with Crippen molar-refractivity contribution >= 4 is 5.91 Å². The zero-order chi connectivity index (χ0) is 16.0. The number of rotatable bonds is 5. The van der Waals surface area contributed by atoms with Gasteiger partial charge in [-0.05, 0) is 50.6 Å². The first-order chi connectivity index (χ1) is 10.3. The number of halogens is 4. The molecular formula is C15H16F4N2O. The molecular weight excluding hydrogens is 300 g/mol. The van der Waals surface area contributed by atoms with Gasteiger partial charge in [-0.15, -0.1) is 0 Å². The van der Waals surface area contributed by atoms with Crippen LogP contribution >= 0.6 is 0 Å². The normalized spacial score (nSPS) is 20.4. The van der Waals surface area contributed by atoms with Gasteiger partial charge in [-0.1, -0.05) is 0 Å². The lowest BCUT2D eigenvalue weighted by atomic mass is 10.1. The third-order valence-corrected chi connectivity index (χ3v) is 4.27. The van der Waals surface area contributed by atoms with Crippen LogP contribution in [0, 0.1) is 11.6 Å². The summed E-state index contributed by atoms with van der Waals surface area (Å²) in [6.45, 7) is 2.39. The van der Waals surface area contributed by atoms with Gasteiger partial charge in [0.2, 0.25) is 0 Å². The number of hydrogen-bond acceptors (Lipinski definition) is 2. The maximum absolute atomic E-state index is 14.1. The molecule has 1 aliphatic heterocycles. The van der Waals surface area contributed by atoms with Gasteiger partial charge in [0, 0.05) is 12.1 Å². The summed E-state index contributed by atoms with van der Waals surface area (Å²) in [6.07, 6.45) is 2.39. The Morgan fingerprint density at radius 3 is 2.41 bits per heavy atom. The second kappa shape index (κ2) is 5.22. The van der Waals surface area contributed by atoms with Crippen molar-refractivity contribution in [3.8, 4) is 0 Å². The van der Waals surface area contributed by atoms with E-state index in [4.69, 9.17) is 0 Å². The molecule has 120 valence electrons. The summed E-state index contributed by atoms with van der Waals surface area (Å²) in [5, 5.41) is 2.39. The van der Waals surface area contributed by atoms with E-state index in [-0.39, 0.29) is 0 Å². The minimum absolute atomic E-state index is 0.365. The van der Waals surface area contributed by atoms with E-state index in [1.807, 2.05) is 0 Å². The van der Waals surface area contributed by atoms with Crippen molar-refractivity contribution in [2.75, 3.05) is 19.6 Å². The summed E-state index contributed by atoms with van der Waals surface area (Å²) in [7, 11) is 0. The molecule has 1 aliphatic carbocycles. The van der Waals surface area contributed by atoms with Crippen molar-refractivity contribution in [1.82, 2.24) is 10.2 Å². The van der Waals surface area contributed by atoms with Crippen LogP contribution < -0.4 is 5.32 Å². The smallest absolute Gasteiger partial charge is 0.344 e. The minimum atomic E-state index is -3.89. The van der Waals surface area contributed by atoms with E-state index < -0.39 is 34.6 Å². The van der Waals surface area contributed by atoms with Crippen LogP contribution in [0.5, 0.6) is 0 Å². The molecule has 7 heteroatoms. The van der Waals surface area contributed by atoms with Crippen LogP contribution in [-0.4, -0.2) is 36.0 Å². The number of carbonyl (C=O) groups is 1. The molecule has 1 heterocycles. The molecule has 3 nitrogen and oxygen atoms in total. The van der Waals surface area contributed by atoms with Crippen LogP contribution in [0.25, 0.3) is 0 Å². The first-order valence-corrected chi connectivity index (χ1v) is 7.21. The van der Waals surface area contributed by atoms with E-state index in [0.29, 0.717) is 31.5 Å². The van der Waals surface area contributed by atoms with Gasteiger partial charge in [0.25, 0.3) is 5.91 Å². The molecule has 0 atom stereocenters. The van der Waals surface area contributed by atoms with Crippen molar-refractivity contribution < 1.29 is 22.4 Å². The average Bonchev–Trinajstić information content (AvgIpc) is 3.17. The Hall–Kier alpha value is -1.63. The summed E-state index contributed by atoms with van der Waals surface area (Å²) in [4.78, 5) is 14.0. The first-order valence-electron chi connectivity index (χ1n) is 7.21. The molecule has 22 heavy (non-hydrogen) atoms. The average molecular weight is 316 g/mol. The monoisotopic (exact) mass is 316 g/mol. The molecule has 2 aliphatic rings. The van der Waals surface area contributed by atoms with Gasteiger partial charge < -0.3 is 10.2 Å². The zero-order valence-corrected chi connectivity index (χ0v) is 11.8. The highest BCUT2D eigenvalue weighted by molar-refractivity contribution is 5.85. The van der Waals surface area contributed by atoms with Crippen LogP contribution in [0.3, 0.4) is 0 Å². The lowest BCUT2D eigenvalue weighted by Gasteiger charge is -2.35. The predicted octanol–water partition coefficient (Wildman–Crippen LogP) is 2.41. The Balaban J connectivity index is 1.71. The molecule has 1 saturated carbocycles. The molecule has 0 spiro atoms. The van der Waals surface area contributed by atoms with Crippen LogP contribution in [-0.2, 0) is 10.7 Å². The van der Waals surface area contributed by atoms with Crippen LogP contribution in [0.4, 0.5) is 17.6 Å². The molecule has 0 bridgehead atoms. The molecule has 1 N–H and O–H groups in total. The quantitative estimate of drug-likeness (QED) is 0.846. The van der Waals surface area contributed by atoms with Gasteiger partial charge in [-0.3, -0.25) is 4.79 Å². The molecule has 1 aromatic carbocycles. The molecule has 1 aromatic rings. The second-order valence-corrected chi connectivity index (χ2v) is 6.07. The SMILES string of the molecule is O=C(NC1(CN2CCC2)CC1)C(F)(F)c1ccc(F)c(F)c1. The summed E-state index contributed by atoms with van der Waals surface area (Å²) >= 11 is 0. The summed E-state index contributed by atoms with van der Waals surface area (Å²) < 4.78 is 54.2. The lowest BCUT2D eigenvalue weighted by molar-refractivity contribution is -0.148. The van der Waals surface area contributed by atoms with Gasteiger partial charge >= 0.3 is 5.92 Å². The third-order valence-electron chi connectivity index (χ3n) is 4.27. The van der Waals surface area contributed by atoms with E-state index >= 15 is 0 Å². The molecule has 0 unspecified atom stereocenters. The van der Waals surface area contributed by atoms with E-state index in [1.165, 1.54) is 0 Å². The fraction of sp³-hybridized carbons (Fsp3) is 0.533. The Labute approximate surface area is 125 Å². The highest BCUT2D eigenvalue weighted by Gasteiger charge is 2.51. The number of nitrogens with one attached hydrogen (secondary N) is 1. The van der Waals surface area contributed by atoms with Gasteiger partial charge in [-0.25, -0.2) is 8.78 Å². The van der Waals surface area contributed by atoms with Gasteiger partial charge in [-0.2, -0.15) is 8.78 Å². The van der Waals surface area contributed by atoms with Crippen molar-refractivity contribution in [2.45, 2.75) is 30.7 Å². The largest absolute Gasteiger partial charge is 0.349 e. The Morgan fingerprint density at radius 2 is 1.91 bits per heavy atom. The molecule has 0 radical (unpaired) electrons. The lowest BCUT2D eigenvalue weighted by Crippen LogP contribution is -2.53. The number of benzene rings is 1. The maximum atomic E-state index is 14.1. The third kappa shape index (κ3) is 2.82. The standard InChI is InChI=1S/C15H16F4N2O/c16-11-3-2-10(8-12(11)17)15(18,19)13(22)20-14(4-5-14)9-21-6-1-7-21/h2-3,8H,1,4-7,9H2,(H,20,22). The highest BCUT2D eigenvalue weighted by atomic mass is 19.3. The summed E-state index contributed by atoms with van der Waals surface area (Å²) in [5.74, 6) is -7.97. The molecule has 0 aromatic heterocycles. The van der Waals surface area contributed by atoms with Crippen molar-refractivity contribution in [3.63, 3.8) is 0 Å². The van der Waals surface area contributed by atoms with Gasteiger partial charge in [0.1, 0.15) is 0 Å². The number of alkyl halides is 2. The predicted molar refractivity (Wildman–Crippen MR) is 71.4 cm³/mol. The first kappa shape index (κ1) is 15.3. The number of carbonyl (C=O) groups excluding carboxylic acids is 1. The molecule has 3 rings (SSSR count). The number of nitrogens with zero attached hydrogens (tertiary/aromatic N) is 1. The number of hydrogen-bond donors (Lipinski definition) is 1. The van der Waals surface area contributed by atoms with Gasteiger partial charge in [0.05, 0.1) is 5.54 Å². The topological polar surface area (TPSA) is 32.3 Å².